The molecule has 6 heteroatoms. The van der Waals surface area contributed by atoms with Crippen LogP contribution in [-0.2, 0) is 15.0 Å². The summed E-state index contributed by atoms with van der Waals surface area (Å²) in [4.78, 5) is 10.6. The molecular weight excluding hydrogens is 180 g/mol. The Kier molecular flexibility index (Phi) is 3.82. The average molecular weight is 194 g/mol. The molecule has 0 saturated carbocycles. The molecule has 0 radical (unpaired) electrons. The van der Waals surface area contributed by atoms with E-state index in [4.69, 9.17) is 5.14 Å². The zero-order valence-corrected chi connectivity index (χ0v) is 8.26. The number of carbonyl (C=O) groups is 1. The number of nitrogens with zero attached hydrogens (tertiary/aromatic N) is 1. The van der Waals surface area contributed by atoms with E-state index in [2.05, 4.69) is 0 Å². The molecule has 0 aromatic heterocycles. The Hall–Kier alpha value is -0.460. The summed E-state index contributed by atoms with van der Waals surface area (Å²) in [5, 5.41) is 4.87. The number of hydrogen-bond acceptors (Lipinski definition) is 3. The maximum Gasteiger partial charge on any atom is 0.277 e. The summed E-state index contributed by atoms with van der Waals surface area (Å²) < 4.78 is 22.7. The number of rotatable bonds is 4. The molecule has 0 spiro atoms. The summed E-state index contributed by atoms with van der Waals surface area (Å²) in [6.45, 7) is 4.48. The minimum absolute atomic E-state index is 0.156. The van der Waals surface area contributed by atoms with Crippen molar-refractivity contribution >= 4 is 16.0 Å². The largest absolute Gasteiger partial charge is 0.299 e. The van der Waals surface area contributed by atoms with Crippen molar-refractivity contribution in [2.24, 2.45) is 5.14 Å². The van der Waals surface area contributed by atoms with Gasteiger partial charge in [-0.15, -0.1) is 0 Å². The lowest BCUT2D eigenvalue weighted by Crippen LogP contribution is -2.43. The van der Waals surface area contributed by atoms with E-state index in [9.17, 15) is 13.2 Å². The molecule has 0 aliphatic carbocycles. The van der Waals surface area contributed by atoms with Crippen molar-refractivity contribution in [1.82, 2.24) is 4.31 Å². The third-order valence-corrected chi connectivity index (χ3v) is 2.49. The van der Waals surface area contributed by atoms with Gasteiger partial charge in [-0.3, -0.25) is 4.79 Å². The Labute approximate surface area is 72.7 Å². The SMILES string of the molecule is CC(=O)CN(C(C)C)S(N)(=O)=O. The van der Waals surface area contributed by atoms with Gasteiger partial charge in [-0.25, -0.2) is 5.14 Å². The minimum atomic E-state index is -3.75. The Balaban J connectivity index is 4.58. The summed E-state index contributed by atoms with van der Waals surface area (Å²) in [5.74, 6) is -0.224. The lowest BCUT2D eigenvalue weighted by molar-refractivity contribution is -0.117. The van der Waals surface area contributed by atoms with Gasteiger partial charge in [0.15, 0.2) is 0 Å². The highest BCUT2D eigenvalue weighted by Gasteiger charge is 2.21. The molecule has 0 aromatic carbocycles. The first-order valence-electron chi connectivity index (χ1n) is 3.54. The zero-order valence-electron chi connectivity index (χ0n) is 7.44. The van der Waals surface area contributed by atoms with Crippen LogP contribution in [0.5, 0.6) is 0 Å². The van der Waals surface area contributed by atoms with Gasteiger partial charge in [0.25, 0.3) is 10.2 Å². The molecule has 0 heterocycles. The molecule has 0 aliphatic heterocycles. The summed E-state index contributed by atoms with van der Waals surface area (Å²) in [7, 11) is -3.75. The first-order valence-corrected chi connectivity index (χ1v) is 5.04. The molecule has 0 rings (SSSR count). The Bertz CT molecular complexity index is 258. The molecule has 0 saturated heterocycles. The van der Waals surface area contributed by atoms with E-state index in [-0.39, 0.29) is 18.4 Å². The van der Waals surface area contributed by atoms with Gasteiger partial charge in [-0.2, -0.15) is 12.7 Å². The van der Waals surface area contributed by atoms with Gasteiger partial charge in [0.2, 0.25) is 0 Å². The third-order valence-electron chi connectivity index (χ3n) is 1.28. The normalized spacial score (nSPS) is 12.5. The maximum atomic E-state index is 10.9. The van der Waals surface area contributed by atoms with Crippen molar-refractivity contribution in [2.75, 3.05) is 6.54 Å². The maximum absolute atomic E-state index is 10.9. The fraction of sp³-hybridized carbons (Fsp3) is 0.833. The Morgan fingerprint density at radius 2 is 1.92 bits per heavy atom. The monoisotopic (exact) mass is 194 g/mol. The lowest BCUT2D eigenvalue weighted by Gasteiger charge is -2.21. The summed E-state index contributed by atoms with van der Waals surface area (Å²) in [5.41, 5.74) is 0. The highest BCUT2D eigenvalue weighted by Crippen LogP contribution is 2.01. The van der Waals surface area contributed by atoms with E-state index in [1.165, 1.54) is 6.92 Å². The van der Waals surface area contributed by atoms with Crippen molar-refractivity contribution in [2.45, 2.75) is 26.8 Å². The summed E-state index contributed by atoms with van der Waals surface area (Å²) >= 11 is 0. The number of hydrogen-bond donors (Lipinski definition) is 1. The zero-order chi connectivity index (χ0) is 9.94. The van der Waals surface area contributed by atoms with Crippen molar-refractivity contribution in [1.29, 1.82) is 0 Å². The van der Waals surface area contributed by atoms with Gasteiger partial charge in [-0.05, 0) is 20.8 Å². The lowest BCUT2D eigenvalue weighted by atomic mass is 10.3. The standard InChI is InChI=1S/C6H14N2O3S/c1-5(2)8(4-6(3)9)12(7,10)11/h5H,4H2,1-3H3,(H2,7,10,11). The van der Waals surface area contributed by atoms with Crippen LogP contribution in [0.4, 0.5) is 0 Å². The topological polar surface area (TPSA) is 80.5 Å². The van der Waals surface area contributed by atoms with Crippen molar-refractivity contribution < 1.29 is 13.2 Å². The molecule has 0 aliphatic rings. The van der Waals surface area contributed by atoms with E-state index in [0.717, 1.165) is 4.31 Å². The van der Waals surface area contributed by atoms with Gasteiger partial charge < -0.3 is 0 Å². The molecule has 0 aromatic rings. The number of nitrogens with two attached hydrogens (primary N) is 1. The highest BCUT2D eigenvalue weighted by molar-refractivity contribution is 7.86. The van der Waals surface area contributed by atoms with Gasteiger partial charge in [0.1, 0.15) is 5.78 Å². The van der Waals surface area contributed by atoms with Gasteiger partial charge >= 0.3 is 0 Å². The molecule has 5 nitrogen and oxygen atoms in total. The van der Waals surface area contributed by atoms with E-state index in [0.29, 0.717) is 0 Å². The fourth-order valence-corrected chi connectivity index (χ4v) is 1.74. The first kappa shape index (κ1) is 11.5. The molecule has 0 bridgehead atoms. The molecule has 0 fully saturated rings. The van der Waals surface area contributed by atoms with Crippen LogP contribution in [0, 0.1) is 0 Å². The number of Topliss-reactive ketones (excluding diaryl/α,β-unsaturated/α-hetero) is 1. The average Bonchev–Trinajstić information content (AvgIpc) is 1.79. The third kappa shape index (κ3) is 3.80. The van der Waals surface area contributed by atoms with E-state index in [1.807, 2.05) is 0 Å². The van der Waals surface area contributed by atoms with E-state index < -0.39 is 10.2 Å². The van der Waals surface area contributed by atoms with E-state index in [1.54, 1.807) is 13.8 Å². The summed E-state index contributed by atoms with van der Waals surface area (Å²) in [6, 6.07) is -0.288. The van der Waals surface area contributed by atoms with Crippen LogP contribution in [0.15, 0.2) is 0 Å². The molecule has 2 N–H and O–H groups in total. The minimum Gasteiger partial charge on any atom is -0.299 e. The van der Waals surface area contributed by atoms with Crippen LogP contribution in [-0.4, -0.2) is 31.1 Å². The van der Waals surface area contributed by atoms with Crippen LogP contribution in [0.1, 0.15) is 20.8 Å². The molecule has 12 heavy (non-hydrogen) atoms. The van der Waals surface area contributed by atoms with E-state index >= 15 is 0 Å². The molecule has 0 unspecified atom stereocenters. The van der Waals surface area contributed by atoms with Crippen LogP contribution < -0.4 is 5.14 Å². The van der Waals surface area contributed by atoms with Crippen LogP contribution in [0.3, 0.4) is 0 Å². The second-order valence-corrected chi connectivity index (χ2v) is 4.38. The van der Waals surface area contributed by atoms with Gasteiger partial charge in [0, 0.05) is 6.04 Å². The number of carbonyl (C=O) groups excluding carboxylic acids is 1. The molecular formula is C6H14N2O3S. The predicted molar refractivity (Wildman–Crippen MR) is 45.6 cm³/mol. The summed E-state index contributed by atoms with van der Waals surface area (Å²) in [6.07, 6.45) is 0. The van der Waals surface area contributed by atoms with Crippen LogP contribution in [0.25, 0.3) is 0 Å². The molecule has 0 amide bonds. The second-order valence-electron chi connectivity index (χ2n) is 2.89. The first-order chi connectivity index (χ1) is 5.25. The van der Waals surface area contributed by atoms with Gasteiger partial charge in [0.05, 0.1) is 6.54 Å². The van der Waals surface area contributed by atoms with Crippen LogP contribution >= 0.6 is 0 Å². The molecule has 0 atom stereocenters. The Morgan fingerprint density at radius 1 is 1.50 bits per heavy atom. The second kappa shape index (κ2) is 3.97. The predicted octanol–water partition coefficient (Wildman–Crippen LogP) is -0.511. The fourth-order valence-electron chi connectivity index (χ4n) is 0.786. The highest BCUT2D eigenvalue weighted by atomic mass is 32.2. The van der Waals surface area contributed by atoms with Gasteiger partial charge in [-0.1, -0.05) is 0 Å². The van der Waals surface area contributed by atoms with Crippen molar-refractivity contribution in [3.63, 3.8) is 0 Å². The van der Waals surface area contributed by atoms with Crippen LogP contribution in [0.2, 0.25) is 0 Å². The Morgan fingerprint density at radius 3 is 2.00 bits per heavy atom. The smallest absolute Gasteiger partial charge is 0.277 e. The quantitative estimate of drug-likeness (QED) is 0.654. The van der Waals surface area contributed by atoms with Crippen molar-refractivity contribution in [3.8, 4) is 0 Å². The van der Waals surface area contributed by atoms with Crippen molar-refractivity contribution in [3.05, 3.63) is 0 Å². The molecule has 72 valence electrons. The number of ketones is 1.